The zero-order chi connectivity index (χ0) is 9.14. The van der Waals surface area contributed by atoms with Gasteiger partial charge in [0.05, 0.1) is 6.10 Å². The summed E-state index contributed by atoms with van der Waals surface area (Å²) in [6.45, 7) is 6.25. The standard InChI is InChI=1S/C9H16O3/c1-6-4-5-11-7(2)9(6)12-8(3)10/h6-7,9H,4-5H2,1-3H3/t6?,7-,9?/m0/s1. The highest BCUT2D eigenvalue weighted by molar-refractivity contribution is 5.66. The van der Waals surface area contributed by atoms with Gasteiger partial charge in [0.15, 0.2) is 0 Å². The molecule has 12 heavy (non-hydrogen) atoms. The lowest BCUT2D eigenvalue weighted by molar-refractivity contribution is -0.166. The van der Waals surface area contributed by atoms with Crippen molar-refractivity contribution in [2.75, 3.05) is 6.61 Å². The number of hydrogen-bond acceptors (Lipinski definition) is 3. The highest BCUT2D eigenvalue weighted by Gasteiger charge is 2.30. The van der Waals surface area contributed by atoms with Crippen LogP contribution < -0.4 is 0 Å². The van der Waals surface area contributed by atoms with Crippen molar-refractivity contribution in [2.45, 2.75) is 39.4 Å². The van der Waals surface area contributed by atoms with Gasteiger partial charge in [-0.2, -0.15) is 0 Å². The Kier molecular flexibility index (Phi) is 3.09. The minimum atomic E-state index is -0.218. The first kappa shape index (κ1) is 9.52. The van der Waals surface area contributed by atoms with Gasteiger partial charge in [0.1, 0.15) is 6.10 Å². The molecule has 1 heterocycles. The lowest BCUT2D eigenvalue weighted by atomic mass is 9.95. The molecule has 0 aromatic rings. The molecule has 3 nitrogen and oxygen atoms in total. The number of carbonyl (C=O) groups is 1. The van der Waals surface area contributed by atoms with Crippen LogP contribution in [-0.2, 0) is 14.3 Å². The molecule has 0 amide bonds. The molecule has 3 atom stereocenters. The van der Waals surface area contributed by atoms with Crippen molar-refractivity contribution >= 4 is 5.97 Å². The van der Waals surface area contributed by atoms with E-state index < -0.39 is 0 Å². The summed E-state index contributed by atoms with van der Waals surface area (Å²) in [6, 6.07) is 0. The molecule has 0 spiro atoms. The molecule has 0 bridgehead atoms. The zero-order valence-electron chi connectivity index (χ0n) is 7.87. The molecule has 1 rings (SSSR count). The second-order valence-corrected chi connectivity index (χ2v) is 3.42. The van der Waals surface area contributed by atoms with Crippen LogP contribution in [0.5, 0.6) is 0 Å². The Balaban J connectivity index is 2.50. The van der Waals surface area contributed by atoms with Gasteiger partial charge in [0, 0.05) is 13.5 Å². The van der Waals surface area contributed by atoms with Crippen LogP contribution in [0.1, 0.15) is 27.2 Å². The normalized spacial score (nSPS) is 36.1. The van der Waals surface area contributed by atoms with Crippen LogP contribution in [0.2, 0.25) is 0 Å². The molecule has 0 saturated carbocycles. The molecular weight excluding hydrogens is 156 g/mol. The fraction of sp³-hybridized carbons (Fsp3) is 0.889. The summed E-state index contributed by atoms with van der Waals surface area (Å²) < 4.78 is 10.5. The van der Waals surface area contributed by atoms with Crippen molar-refractivity contribution in [3.05, 3.63) is 0 Å². The summed E-state index contributed by atoms with van der Waals surface area (Å²) >= 11 is 0. The molecule has 2 unspecified atom stereocenters. The third kappa shape index (κ3) is 2.21. The third-order valence-electron chi connectivity index (χ3n) is 2.28. The maximum Gasteiger partial charge on any atom is 0.303 e. The predicted octanol–water partition coefficient (Wildman–Crippen LogP) is 1.36. The lowest BCUT2D eigenvalue weighted by Crippen LogP contribution is -2.40. The van der Waals surface area contributed by atoms with Crippen LogP contribution in [0.15, 0.2) is 0 Å². The van der Waals surface area contributed by atoms with Gasteiger partial charge in [-0.15, -0.1) is 0 Å². The molecule has 0 aromatic carbocycles. The van der Waals surface area contributed by atoms with Crippen LogP contribution in [0.3, 0.4) is 0 Å². The molecule has 70 valence electrons. The minimum absolute atomic E-state index is 0.0395. The minimum Gasteiger partial charge on any atom is -0.460 e. The molecule has 1 saturated heterocycles. The Labute approximate surface area is 73.0 Å². The fourth-order valence-electron chi connectivity index (χ4n) is 1.57. The number of rotatable bonds is 1. The van der Waals surface area contributed by atoms with E-state index >= 15 is 0 Å². The third-order valence-corrected chi connectivity index (χ3v) is 2.28. The second kappa shape index (κ2) is 3.90. The predicted molar refractivity (Wildman–Crippen MR) is 44.7 cm³/mol. The van der Waals surface area contributed by atoms with Gasteiger partial charge in [-0.3, -0.25) is 4.79 Å². The van der Waals surface area contributed by atoms with Crippen LogP contribution in [-0.4, -0.2) is 24.8 Å². The molecule has 0 radical (unpaired) electrons. The van der Waals surface area contributed by atoms with Crippen molar-refractivity contribution in [1.82, 2.24) is 0 Å². The summed E-state index contributed by atoms with van der Waals surface area (Å²) in [5.74, 6) is 0.196. The molecule has 1 aliphatic heterocycles. The van der Waals surface area contributed by atoms with Crippen LogP contribution >= 0.6 is 0 Å². The molecule has 0 aromatic heterocycles. The largest absolute Gasteiger partial charge is 0.460 e. The van der Waals surface area contributed by atoms with E-state index in [0.717, 1.165) is 13.0 Å². The average molecular weight is 172 g/mol. The van der Waals surface area contributed by atoms with Crippen LogP contribution in [0.4, 0.5) is 0 Å². The number of hydrogen-bond donors (Lipinski definition) is 0. The molecular formula is C9H16O3. The van der Waals surface area contributed by atoms with Gasteiger partial charge in [-0.25, -0.2) is 0 Å². The fourth-order valence-corrected chi connectivity index (χ4v) is 1.57. The first-order valence-electron chi connectivity index (χ1n) is 4.40. The van der Waals surface area contributed by atoms with Crippen molar-refractivity contribution in [3.8, 4) is 0 Å². The van der Waals surface area contributed by atoms with Crippen molar-refractivity contribution < 1.29 is 14.3 Å². The van der Waals surface area contributed by atoms with E-state index in [1.54, 1.807) is 0 Å². The van der Waals surface area contributed by atoms with Gasteiger partial charge in [0.25, 0.3) is 0 Å². The molecule has 1 fully saturated rings. The van der Waals surface area contributed by atoms with Gasteiger partial charge in [-0.05, 0) is 19.3 Å². The van der Waals surface area contributed by atoms with Crippen molar-refractivity contribution in [2.24, 2.45) is 5.92 Å². The second-order valence-electron chi connectivity index (χ2n) is 3.42. The van der Waals surface area contributed by atoms with Crippen molar-refractivity contribution in [1.29, 1.82) is 0 Å². The molecule has 1 aliphatic rings. The van der Waals surface area contributed by atoms with E-state index in [1.165, 1.54) is 6.92 Å². The maximum atomic E-state index is 10.7. The molecule has 0 N–H and O–H groups in total. The Morgan fingerprint density at radius 1 is 1.50 bits per heavy atom. The van der Waals surface area contributed by atoms with Gasteiger partial charge in [0.2, 0.25) is 0 Å². The van der Waals surface area contributed by atoms with Gasteiger partial charge < -0.3 is 9.47 Å². The van der Waals surface area contributed by atoms with Gasteiger partial charge in [-0.1, -0.05) is 6.92 Å². The number of esters is 1. The van der Waals surface area contributed by atoms with Crippen molar-refractivity contribution in [3.63, 3.8) is 0 Å². The van der Waals surface area contributed by atoms with E-state index in [2.05, 4.69) is 6.92 Å². The molecule has 3 heteroatoms. The highest BCUT2D eigenvalue weighted by atomic mass is 16.6. The number of ether oxygens (including phenoxy) is 2. The average Bonchev–Trinajstić information content (AvgIpc) is 1.97. The monoisotopic (exact) mass is 172 g/mol. The maximum absolute atomic E-state index is 10.7. The Hall–Kier alpha value is -0.570. The summed E-state index contributed by atoms with van der Waals surface area (Å²) in [7, 11) is 0. The first-order valence-corrected chi connectivity index (χ1v) is 4.40. The van der Waals surface area contributed by atoms with E-state index in [4.69, 9.17) is 9.47 Å². The summed E-state index contributed by atoms with van der Waals surface area (Å²) in [4.78, 5) is 10.7. The smallest absolute Gasteiger partial charge is 0.303 e. The van der Waals surface area contributed by atoms with E-state index in [-0.39, 0.29) is 18.2 Å². The number of carbonyl (C=O) groups excluding carboxylic acids is 1. The van der Waals surface area contributed by atoms with E-state index in [1.807, 2.05) is 6.92 Å². The van der Waals surface area contributed by atoms with Crippen LogP contribution in [0.25, 0.3) is 0 Å². The van der Waals surface area contributed by atoms with E-state index in [9.17, 15) is 4.79 Å². The lowest BCUT2D eigenvalue weighted by Gasteiger charge is -2.33. The Bertz CT molecular complexity index is 157. The highest BCUT2D eigenvalue weighted by Crippen LogP contribution is 2.22. The summed E-state index contributed by atoms with van der Waals surface area (Å²) in [5.41, 5.74) is 0. The Morgan fingerprint density at radius 2 is 2.17 bits per heavy atom. The zero-order valence-corrected chi connectivity index (χ0v) is 7.87. The van der Waals surface area contributed by atoms with E-state index in [0.29, 0.717) is 5.92 Å². The Morgan fingerprint density at radius 3 is 2.67 bits per heavy atom. The topological polar surface area (TPSA) is 35.5 Å². The SMILES string of the molecule is CC(=O)OC1C(C)CCO[C@H]1C. The summed E-state index contributed by atoms with van der Waals surface area (Å²) in [6.07, 6.45) is 0.955. The first-order chi connectivity index (χ1) is 5.61. The van der Waals surface area contributed by atoms with Gasteiger partial charge >= 0.3 is 5.97 Å². The summed E-state index contributed by atoms with van der Waals surface area (Å²) in [5, 5.41) is 0. The molecule has 0 aliphatic carbocycles. The quantitative estimate of drug-likeness (QED) is 0.560. The van der Waals surface area contributed by atoms with Crippen LogP contribution in [0, 0.1) is 5.92 Å².